The Balaban J connectivity index is 1.42. The zero-order valence-electron chi connectivity index (χ0n) is 9.98. The molecule has 0 aliphatic heterocycles. The molecule has 1 aromatic heterocycles. The minimum atomic E-state index is 0.878. The second kappa shape index (κ2) is 6.01. The fourth-order valence-corrected chi connectivity index (χ4v) is 1.63. The lowest BCUT2D eigenvalue weighted by Crippen LogP contribution is -2.16. The van der Waals surface area contributed by atoms with E-state index in [9.17, 15) is 0 Å². The van der Waals surface area contributed by atoms with Crippen molar-refractivity contribution in [1.82, 2.24) is 15.1 Å². The molecule has 0 unspecified atom stereocenters. The zero-order valence-corrected chi connectivity index (χ0v) is 9.98. The minimum Gasteiger partial charge on any atom is -0.381 e. The van der Waals surface area contributed by atoms with Crippen molar-refractivity contribution in [3.8, 4) is 0 Å². The topological polar surface area (TPSA) is 39.1 Å². The fourth-order valence-electron chi connectivity index (χ4n) is 1.63. The lowest BCUT2D eigenvalue weighted by Gasteiger charge is -2.04. The number of aromatic nitrogens is 2. The summed E-state index contributed by atoms with van der Waals surface area (Å²) in [7, 11) is 1.94. The predicted octanol–water partition coefficient (Wildman–Crippen LogP) is 1.33. The Morgan fingerprint density at radius 1 is 1.56 bits per heavy atom. The van der Waals surface area contributed by atoms with E-state index in [0.717, 1.165) is 38.6 Å². The van der Waals surface area contributed by atoms with Crippen LogP contribution in [-0.2, 0) is 18.3 Å². The van der Waals surface area contributed by atoms with Gasteiger partial charge in [0, 0.05) is 38.6 Å². The first kappa shape index (κ1) is 11.6. The molecular formula is C12H21N3O. The Bertz CT molecular complexity index is 307. The highest BCUT2D eigenvalue weighted by atomic mass is 16.5. The molecule has 1 fully saturated rings. The molecule has 0 bridgehead atoms. The highest BCUT2D eigenvalue weighted by Crippen LogP contribution is 2.28. The van der Waals surface area contributed by atoms with Gasteiger partial charge in [0.25, 0.3) is 0 Å². The molecule has 0 amide bonds. The summed E-state index contributed by atoms with van der Waals surface area (Å²) < 4.78 is 7.39. The largest absolute Gasteiger partial charge is 0.381 e. The molecule has 1 heterocycles. The molecule has 90 valence electrons. The summed E-state index contributed by atoms with van der Waals surface area (Å²) in [5, 5.41) is 7.51. The summed E-state index contributed by atoms with van der Waals surface area (Å²) in [6.45, 7) is 3.77. The maximum Gasteiger partial charge on any atom is 0.0534 e. The lowest BCUT2D eigenvalue weighted by atomic mass is 10.3. The zero-order chi connectivity index (χ0) is 11.2. The SMILES string of the molecule is Cn1cc(CNCCCOCC2CC2)cn1. The third kappa shape index (κ3) is 4.33. The van der Waals surface area contributed by atoms with E-state index < -0.39 is 0 Å². The standard InChI is InChI=1S/C12H21N3O/c1-15-9-12(8-14-15)7-13-5-2-6-16-10-11-3-4-11/h8-9,11,13H,2-7,10H2,1H3. The van der Waals surface area contributed by atoms with Crippen LogP contribution in [0.4, 0.5) is 0 Å². The molecule has 16 heavy (non-hydrogen) atoms. The molecule has 0 radical (unpaired) electrons. The number of nitrogens with one attached hydrogen (secondary N) is 1. The van der Waals surface area contributed by atoms with Crippen LogP contribution in [0.15, 0.2) is 12.4 Å². The smallest absolute Gasteiger partial charge is 0.0534 e. The summed E-state index contributed by atoms with van der Waals surface area (Å²) in [4.78, 5) is 0. The van der Waals surface area contributed by atoms with Gasteiger partial charge in [0.1, 0.15) is 0 Å². The van der Waals surface area contributed by atoms with Crippen LogP contribution in [0.2, 0.25) is 0 Å². The van der Waals surface area contributed by atoms with E-state index in [-0.39, 0.29) is 0 Å². The molecule has 1 N–H and O–H groups in total. The van der Waals surface area contributed by atoms with Crippen LogP contribution in [0, 0.1) is 5.92 Å². The lowest BCUT2D eigenvalue weighted by molar-refractivity contribution is 0.122. The van der Waals surface area contributed by atoms with Gasteiger partial charge in [-0.15, -0.1) is 0 Å². The third-order valence-electron chi connectivity index (χ3n) is 2.78. The van der Waals surface area contributed by atoms with Gasteiger partial charge in [0.05, 0.1) is 6.20 Å². The quantitative estimate of drug-likeness (QED) is 0.676. The van der Waals surface area contributed by atoms with E-state index in [0.29, 0.717) is 0 Å². The molecule has 4 heteroatoms. The first-order valence-electron chi connectivity index (χ1n) is 6.10. The highest BCUT2D eigenvalue weighted by molar-refractivity contribution is 5.02. The third-order valence-corrected chi connectivity index (χ3v) is 2.78. The van der Waals surface area contributed by atoms with Crippen molar-refractivity contribution in [3.63, 3.8) is 0 Å². The van der Waals surface area contributed by atoms with Crippen molar-refractivity contribution in [3.05, 3.63) is 18.0 Å². The average molecular weight is 223 g/mol. The summed E-state index contributed by atoms with van der Waals surface area (Å²) in [6.07, 6.45) is 7.78. The van der Waals surface area contributed by atoms with E-state index in [1.54, 1.807) is 0 Å². The summed E-state index contributed by atoms with van der Waals surface area (Å²) in [6, 6.07) is 0. The molecule has 1 aliphatic carbocycles. The Hall–Kier alpha value is -0.870. The van der Waals surface area contributed by atoms with Crippen molar-refractivity contribution in [1.29, 1.82) is 0 Å². The maximum atomic E-state index is 5.56. The normalized spacial score (nSPS) is 15.6. The summed E-state index contributed by atoms with van der Waals surface area (Å²) in [5.74, 6) is 0.878. The van der Waals surface area contributed by atoms with E-state index in [1.165, 1.54) is 18.4 Å². The predicted molar refractivity (Wildman–Crippen MR) is 63.1 cm³/mol. The van der Waals surface area contributed by atoms with Gasteiger partial charge < -0.3 is 10.1 Å². The molecule has 1 aliphatic rings. The fraction of sp³-hybridized carbons (Fsp3) is 0.750. The van der Waals surface area contributed by atoms with Gasteiger partial charge in [-0.05, 0) is 31.7 Å². The number of aryl methyl sites for hydroxylation is 1. The Morgan fingerprint density at radius 2 is 2.44 bits per heavy atom. The first-order chi connectivity index (χ1) is 7.84. The second-order valence-corrected chi connectivity index (χ2v) is 4.57. The molecule has 2 rings (SSSR count). The van der Waals surface area contributed by atoms with E-state index >= 15 is 0 Å². The maximum absolute atomic E-state index is 5.56. The van der Waals surface area contributed by atoms with Gasteiger partial charge >= 0.3 is 0 Å². The van der Waals surface area contributed by atoms with Crippen molar-refractivity contribution >= 4 is 0 Å². The number of rotatable bonds is 8. The molecular weight excluding hydrogens is 202 g/mol. The molecule has 1 saturated carbocycles. The van der Waals surface area contributed by atoms with E-state index in [2.05, 4.69) is 10.4 Å². The second-order valence-electron chi connectivity index (χ2n) is 4.57. The molecule has 1 aromatic rings. The van der Waals surface area contributed by atoms with Crippen molar-refractivity contribution < 1.29 is 4.74 Å². The molecule has 4 nitrogen and oxygen atoms in total. The average Bonchev–Trinajstić information content (AvgIpc) is 3.00. The number of hydrogen-bond acceptors (Lipinski definition) is 3. The molecule has 0 atom stereocenters. The summed E-state index contributed by atoms with van der Waals surface area (Å²) >= 11 is 0. The van der Waals surface area contributed by atoms with Gasteiger partial charge in [-0.25, -0.2) is 0 Å². The van der Waals surface area contributed by atoms with Crippen LogP contribution in [0.1, 0.15) is 24.8 Å². The Labute approximate surface area is 97.0 Å². The number of ether oxygens (including phenoxy) is 1. The first-order valence-corrected chi connectivity index (χ1v) is 6.10. The van der Waals surface area contributed by atoms with Gasteiger partial charge in [0.2, 0.25) is 0 Å². The van der Waals surface area contributed by atoms with Crippen LogP contribution in [-0.4, -0.2) is 29.5 Å². The van der Waals surface area contributed by atoms with Gasteiger partial charge in [-0.2, -0.15) is 5.10 Å². The van der Waals surface area contributed by atoms with Crippen LogP contribution in [0.3, 0.4) is 0 Å². The molecule has 0 spiro atoms. The molecule has 0 aromatic carbocycles. The number of nitrogens with zero attached hydrogens (tertiary/aromatic N) is 2. The molecule has 0 saturated heterocycles. The number of hydrogen-bond donors (Lipinski definition) is 1. The summed E-state index contributed by atoms with van der Waals surface area (Å²) in [5.41, 5.74) is 1.24. The van der Waals surface area contributed by atoms with Gasteiger partial charge in [-0.3, -0.25) is 4.68 Å². The van der Waals surface area contributed by atoms with E-state index in [1.807, 2.05) is 24.1 Å². The van der Waals surface area contributed by atoms with Crippen LogP contribution in [0.25, 0.3) is 0 Å². The van der Waals surface area contributed by atoms with Gasteiger partial charge in [0.15, 0.2) is 0 Å². The van der Waals surface area contributed by atoms with Crippen molar-refractivity contribution in [2.75, 3.05) is 19.8 Å². The highest BCUT2D eigenvalue weighted by Gasteiger charge is 2.20. The van der Waals surface area contributed by atoms with Crippen molar-refractivity contribution in [2.45, 2.75) is 25.8 Å². The van der Waals surface area contributed by atoms with Crippen LogP contribution in [0.5, 0.6) is 0 Å². The van der Waals surface area contributed by atoms with Crippen molar-refractivity contribution in [2.24, 2.45) is 13.0 Å². The Kier molecular flexibility index (Phi) is 4.36. The Morgan fingerprint density at radius 3 is 3.12 bits per heavy atom. The minimum absolute atomic E-state index is 0.878. The van der Waals surface area contributed by atoms with Crippen LogP contribution < -0.4 is 5.32 Å². The monoisotopic (exact) mass is 223 g/mol. The van der Waals surface area contributed by atoms with Crippen LogP contribution >= 0.6 is 0 Å². The van der Waals surface area contributed by atoms with E-state index in [4.69, 9.17) is 4.74 Å². The van der Waals surface area contributed by atoms with Gasteiger partial charge in [-0.1, -0.05) is 0 Å².